The number of nitrogens with two attached hydrogens (primary N) is 1. The van der Waals surface area contributed by atoms with Crippen molar-refractivity contribution in [1.29, 1.82) is 0 Å². The third-order valence-corrected chi connectivity index (χ3v) is 3.24. The SMILES string of the molecule is COC(=O)c1ccc(-c2ccc(OC)c(Cl)c2)cc1N. The minimum Gasteiger partial charge on any atom is -0.495 e. The number of rotatable bonds is 3. The Hall–Kier alpha value is -2.20. The van der Waals surface area contributed by atoms with E-state index in [0.717, 1.165) is 11.1 Å². The zero-order chi connectivity index (χ0) is 14.7. The van der Waals surface area contributed by atoms with E-state index in [-0.39, 0.29) is 0 Å². The smallest absolute Gasteiger partial charge is 0.339 e. The highest BCUT2D eigenvalue weighted by Gasteiger charge is 2.11. The summed E-state index contributed by atoms with van der Waals surface area (Å²) in [5, 5.41) is 0.514. The third-order valence-electron chi connectivity index (χ3n) is 2.94. The van der Waals surface area contributed by atoms with Gasteiger partial charge < -0.3 is 15.2 Å². The van der Waals surface area contributed by atoms with E-state index in [0.29, 0.717) is 22.0 Å². The van der Waals surface area contributed by atoms with Crippen molar-refractivity contribution in [3.8, 4) is 16.9 Å². The minimum absolute atomic E-state index is 0.343. The van der Waals surface area contributed by atoms with Crippen LogP contribution in [0, 0.1) is 0 Å². The van der Waals surface area contributed by atoms with Gasteiger partial charge in [-0.15, -0.1) is 0 Å². The fraction of sp³-hybridized carbons (Fsp3) is 0.133. The maximum Gasteiger partial charge on any atom is 0.339 e. The number of hydrogen-bond acceptors (Lipinski definition) is 4. The van der Waals surface area contributed by atoms with E-state index in [4.69, 9.17) is 22.1 Å². The second kappa shape index (κ2) is 5.84. The number of esters is 1. The number of methoxy groups -OCH3 is 2. The molecule has 0 aliphatic carbocycles. The molecule has 0 saturated carbocycles. The van der Waals surface area contributed by atoms with Crippen molar-refractivity contribution in [2.45, 2.75) is 0 Å². The zero-order valence-corrected chi connectivity index (χ0v) is 11.9. The number of ether oxygens (including phenoxy) is 2. The van der Waals surface area contributed by atoms with Crippen molar-refractivity contribution in [3.63, 3.8) is 0 Å². The molecule has 0 bridgehead atoms. The standard InChI is InChI=1S/C15H14ClNO3/c1-19-14-6-4-9(7-12(14)16)10-3-5-11(13(17)8-10)15(18)20-2/h3-8H,17H2,1-2H3. The fourth-order valence-corrected chi connectivity index (χ4v) is 2.14. The van der Waals surface area contributed by atoms with Crippen LogP contribution in [0.3, 0.4) is 0 Å². The largest absolute Gasteiger partial charge is 0.495 e. The molecule has 2 N–H and O–H groups in total. The third kappa shape index (κ3) is 2.70. The fourth-order valence-electron chi connectivity index (χ4n) is 1.88. The highest BCUT2D eigenvalue weighted by molar-refractivity contribution is 6.32. The van der Waals surface area contributed by atoms with E-state index in [1.807, 2.05) is 6.07 Å². The molecule has 0 amide bonds. The lowest BCUT2D eigenvalue weighted by molar-refractivity contribution is 0.0602. The molecule has 0 aromatic heterocycles. The molecule has 2 aromatic rings. The van der Waals surface area contributed by atoms with Crippen LogP contribution in [0.4, 0.5) is 5.69 Å². The Bertz CT molecular complexity index is 656. The first-order chi connectivity index (χ1) is 9.56. The molecular formula is C15H14ClNO3. The van der Waals surface area contributed by atoms with Crippen molar-refractivity contribution < 1.29 is 14.3 Å². The summed E-state index contributed by atoms with van der Waals surface area (Å²) in [4.78, 5) is 11.5. The molecule has 5 heteroatoms. The van der Waals surface area contributed by atoms with Crippen molar-refractivity contribution in [3.05, 3.63) is 47.0 Å². The second-order valence-corrected chi connectivity index (χ2v) is 4.55. The average Bonchev–Trinajstić information content (AvgIpc) is 2.46. The second-order valence-electron chi connectivity index (χ2n) is 4.14. The number of carbonyl (C=O) groups is 1. The number of hydrogen-bond donors (Lipinski definition) is 1. The first-order valence-electron chi connectivity index (χ1n) is 5.88. The summed E-state index contributed by atoms with van der Waals surface area (Å²) < 4.78 is 9.76. The summed E-state index contributed by atoms with van der Waals surface area (Å²) in [7, 11) is 2.88. The Kier molecular flexibility index (Phi) is 4.15. The quantitative estimate of drug-likeness (QED) is 0.695. The molecule has 0 atom stereocenters. The van der Waals surface area contributed by atoms with E-state index >= 15 is 0 Å². The van der Waals surface area contributed by atoms with Gasteiger partial charge in [0.25, 0.3) is 0 Å². The summed E-state index contributed by atoms with van der Waals surface area (Å²) in [5.74, 6) is 0.149. The van der Waals surface area contributed by atoms with Gasteiger partial charge in [0.1, 0.15) is 5.75 Å². The van der Waals surface area contributed by atoms with E-state index in [9.17, 15) is 4.79 Å². The van der Waals surface area contributed by atoms with Gasteiger partial charge in [0.2, 0.25) is 0 Å². The molecule has 0 aliphatic heterocycles. The molecule has 104 valence electrons. The molecule has 0 saturated heterocycles. The van der Waals surface area contributed by atoms with Gasteiger partial charge in [-0.3, -0.25) is 0 Å². The first-order valence-corrected chi connectivity index (χ1v) is 6.26. The van der Waals surface area contributed by atoms with Gasteiger partial charge in [-0.2, -0.15) is 0 Å². The molecule has 0 heterocycles. The van der Waals surface area contributed by atoms with Crippen LogP contribution in [-0.4, -0.2) is 20.2 Å². The summed E-state index contributed by atoms with van der Waals surface area (Å²) in [6.07, 6.45) is 0. The molecule has 0 spiro atoms. The van der Waals surface area contributed by atoms with Crippen LogP contribution in [-0.2, 0) is 4.74 Å². The first kappa shape index (κ1) is 14.2. The molecule has 0 fully saturated rings. The van der Waals surface area contributed by atoms with Crippen molar-refractivity contribution >= 4 is 23.3 Å². The molecule has 20 heavy (non-hydrogen) atoms. The van der Waals surface area contributed by atoms with Gasteiger partial charge in [0.05, 0.1) is 24.8 Å². The average molecular weight is 292 g/mol. The Morgan fingerprint density at radius 3 is 2.30 bits per heavy atom. The predicted octanol–water partition coefficient (Wildman–Crippen LogP) is 3.38. The monoisotopic (exact) mass is 291 g/mol. The highest BCUT2D eigenvalue weighted by atomic mass is 35.5. The topological polar surface area (TPSA) is 61.5 Å². The minimum atomic E-state index is -0.457. The van der Waals surface area contributed by atoms with Crippen LogP contribution >= 0.6 is 11.6 Å². The Labute approximate surface area is 122 Å². The van der Waals surface area contributed by atoms with Gasteiger partial charge >= 0.3 is 5.97 Å². The lowest BCUT2D eigenvalue weighted by Gasteiger charge is -2.09. The molecular weight excluding hydrogens is 278 g/mol. The van der Waals surface area contributed by atoms with Gasteiger partial charge in [-0.05, 0) is 35.4 Å². The molecule has 0 unspecified atom stereocenters. The Balaban J connectivity index is 2.41. The Morgan fingerprint density at radius 2 is 1.75 bits per heavy atom. The summed E-state index contributed by atoms with van der Waals surface area (Å²) in [6.45, 7) is 0. The van der Waals surface area contributed by atoms with Gasteiger partial charge in [0, 0.05) is 5.69 Å². The molecule has 4 nitrogen and oxygen atoms in total. The predicted molar refractivity (Wildman–Crippen MR) is 79.2 cm³/mol. The number of nitrogen functional groups attached to an aromatic ring is 1. The van der Waals surface area contributed by atoms with E-state index in [1.165, 1.54) is 7.11 Å². The van der Waals surface area contributed by atoms with E-state index in [1.54, 1.807) is 37.4 Å². The molecule has 2 aromatic carbocycles. The lowest BCUT2D eigenvalue weighted by atomic mass is 10.0. The normalized spacial score (nSPS) is 10.2. The van der Waals surface area contributed by atoms with Gasteiger partial charge in [-0.1, -0.05) is 23.7 Å². The van der Waals surface area contributed by atoms with Crippen LogP contribution < -0.4 is 10.5 Å². The van der Waals surface area contributed by atoms with Crippen molar-refractivity contribution in [1.82, 2.24) is 0 Å². The van der Waals surface area contributed by atoms with Crippen LogP contribution in [0.2, 0.25) is 5.02 Å². The maximum absolute atomic E-state index is 11.5. The maximum atomic E-state index is 11.5. The number of halogens is 1. The zero-order valence-electron chi connectivity index (χ0n) is 11.1. The van der Waals surface area contributed by atoms with E-state index in [2.05, 4.69) is 4.74 Å². The number of benzene rings is 2. The Morgan fingerprint density at radius 1 is 1.10 bits per heavy atom. The summed E-state index contributed by atoms with van der Waals surface area (Å²) in [5.41, 5.74) is 8.33. The van der Waals surface area contributed by atoms with Crippen LogP contribution in [0.5, 0.6) is 5.75 Å². The van der Waals surface area contributed by atoms with Crippen LogP contribution in [0.1, 0.15) is 10.4 Å². The molecule has 2 rings (SSSR count). The lowest BCUT2D eigenvalue weighted by Crippen LogP contribution is -2.05. The molecule has 0 radical (unpaired) electrons. The van der Waals surface area contributed by atoms with E-state index < -0.39 is 5.97 Å². The highest BCUT2D eigenvalue weighted by Crippen LogP contribution is 2.31. The number of anilines is 1. The molecule has 0 aliphatic rings. The number of carbonyl (C=O) groups excluding carboxylic acids is 1. The van der Waals surface area contributed by atoms with Crippen LogP contribution in [0.15, 0.2) is 36.4 Å². The van der Waals surface area contributed by atoms with Crippen molar-refractivity contribution in [2.24, 2.45) is 0 Å². The summed E-state index contributed by atoms with van der Waals surface area (Å²) >= 11 is 6.09. The summed E-state index contributed by atoms with van der Waals surface area (Å²) in [6, 6.07) is 10.6. The van der Waals surface area contributed by atoms with Crippen molar-refractivity contribution in [2.75, 3.05) is 20.0 Å². The van der Waals surface area contributed by atoms with Crippen LogP contribution in [0.25, 0.3) is 11.1 Å². The van der Waals surface area contributed by atoms with Gasteiger partial charge in [-0.25, -0.2) is 4.79 Å². The van der Waals surface area contributed by atoms with Gasteiger partial charge in [0.15, 0.2) is 0 Å².